The van der Waals surface area contributed by atoms with Crippen molar-refractivity contribution < 1.29 is 13.5 Å². The Labute approximate surface area is 110 Å². The molecule has 18 heavy (non-hydrogen) atoms. The molecule has 4 nitrogen and oxygen atoms in total. The van der Waals surface area contributed by atoms with E-state index in [9.17, 15) is 13.5 Å². The number of fused-ring (bicyclic) bond motifs is 2. The quantitative estimate of drug-likeness (QED) is 0.794. The molecular weight excluding hydrogens is 250 g/mol. The van der Waals surface area contributed by atoms with E-state index in [1.165, 1.54) is 0 Å². The van der Waals surface area contributed by atoms with Crippen LogP contribution in [0.15, 0.2) is 0 Å². The Kier molecular flexibility index (Phi) is 3.32. The molecule has 0 amide bonds. The number of hydrogen-bond acceptors (Lipinski definition) is 4. The highest BCUT2D eigenvalue weighted by Gasteiger charge is 2.54. The smallest absolute Gasteiger partial charge is 0.156 e. The summed E-state index contributed by atoms with van der Waals surface area (Å²) in [6.45, 7) is 6.26. The van der Waals surface area contributed by atoms with Gasteiger partial charge in [0.2, 0.25) is 0 Å². The molecule has 0 saturated carbocycles. The van der Waals surface area contributed by atoms with Gasteiger partial charge in [-0.05, 0) is 37.5 Å². The molecule has 2 bridgehead atoms. The van der Waals surface area contributed by atoms with Crippen LogP contribution in [0.25, 0.3) is 0 Å². The van der Waals surface area contributed by atoms with Gasteiger partial charge < -0.3 is 10.8 Å². The highest BCUT2D eigenvalue weighted by molar-refractivity contribution is 7.93. The van der Waals surface area contributed by atoms with E-state index in [0.717, 1.165) is 0 Å². The van der Waals surface area contributed by atoms with E-state index in [1.54, 1.807) is 0 Å². The van der Waals surface area contributed by atoms with Crippen molar-refractivity contribution in [2.45, 2.75) is 75.0 Å². The van der Waals surface area contributed by atoms with Crippen molar-refractivity contribution in [3.63, 3.8) is 0 Å². The summed E-state index contributed by atoms with van der Waals surface area (Å²) in [6, 6.07) is -0.337. The van der Waals surface area contributed by atoms with Gasteiger partial charge in [0.05, 0.1) is 16.1 Å². The van der Waals surface area contributed by atoms with Crippen LogP contribution in [0.5, 0.6) is 0 Å². The van der Waals surface area contributed by atoms with Crippen LogP contribution in [0.4, 0.5) is 0 Å². The van der Waals surface area contributed by atoms with Crippen molar-refractivity contribution in [3.8, 4) is 0 Å². The topological polar surface area (TPSA) is 80.4 Å². The molecule has 0 spiro atoms. The van der Waals surface area contributed by atoms with Crippen LogP contribution in [-0.4, -0.2) is 35.7 Å². The molecule has 106 valence electrons. The fourth-order valence-electron chi connectivity index (χ4n) is 3.43. The number of sulfone groups is 1. The van der Waals surface area contributed by atoms with Crippen LogP contribution < -0.4 is 5.73 Å². The molecule has 0 aliphatic carbocycles. The van der Waals surface area contributed by atoms with E-state index in [0.29, 0.717) is 32.1 Å². The first kappa shape index (κ1) is 14.3. The van der Waals surface area contributed by atoms with Gasteiger partial charge in [-0.2, -0.15) is 0 Å². The monoisotopic (exact) mass is 275 g/mol. The van der Waals surface area contributed by atoms with Gasteiger partial charge in [-0.1, -0.05) is 20.8 Å². The lowest BCUT2D eigenvalue weighted by molar-refractivity contribution is -0.0143. The predicted molar refractivity (Wildman–Crippen MR) is 72.0 cm³/mol. The molecule has 0 aromatic carbocycles. The van der Waals surface area contributed by atoms with E-state index < -0.39 is 15.4 Å². The average Bonchev–Trinajstić information content (AvgIpc) is 2.37. The van der Waals surface area contributed by atoms with Crippen LogP contribution in [0.3, 0.4) is 0 Å². The fraction of sp³-hybridized carbons (Fsp3) is 1.00. The van der Waals surface area contributed by atoms with Crippen molar-refractivity contribution in [3.05, 3.63) is 0 Å². The van der Waals surface area contributed by atoms with Gasteiger partial charge in [-0.15, -0.1) is 0 Å². The van der Waals surface area contributed by atoms with Gasteiger partial charge in [0.25, 0.3) is 0 Å². The molecule has 0 aromatic rings. The molecule has 0 aromatic heterocycles. The van der Waals surface area contributed by atoms with E-state index >= 15 is 0 Å². The Morgan fingerprint density at radius 3 is 2.11 bits per heavy atom. The lowest BCUT2D eigenvalue weighted by Gasteiger charge is -2.42. The summed E-state index contributed by atoms with van der Waals surface area (Å²) >= 11 is 0. The zero-order valence-corrected chi connectivity index (χ0v) is 12.3. The number of hydrogen-bond donors (Lipinski definition) is 2. The van der Waals surface area contributed by atoms with Gasteiger partial charge in [0, 0.05) is 6.04 Å². The van der Waals surface area contributed by atoms with Crippen LogP contribution in [0.2, 0.25) is 0 Å². The Morgan fingerprint density at radius 2 is 1.72 bits per heavy atom. The standard InChI is InChI=1S/C13H25NO3S/c1-12(2,3)8-11(14)13(15)6-9-4-5-10(7-13)18(9,16)17/h9-11,15H,4-8,14H2,1-3H3. The Morgan fingerprint density at radius 1 is 1.28 bits per heavy atom. The molecule has 2 heterocycles. The minimum absolute atomic E-state index is 0.0461. The molecule has 0 radical (unpaired) electrons. The molecule has 2 fully saturated rings. The molecule has 2 saturated heterocycles. The first-order chi connectivity index (χ1) is 8.05. The summed E-state index contributed by atoms with van der Waals surface area (Å²) in [6.07, 6.45) is 2.74. The van der Waals surface area contributed by atoms with Crippen LogP contribution in [-0.2, 0) is 9.84 Å². The molecule has 3 unspecified atom stereocenters. The maximum absolute atomic E-state index is 12.0. The zero-order chi connectivity index (χ0) is 13.8. The third-order valence-corrected chi connectivity index (χ3v) is 7.09. The molecule has 2 aliphatic rings. The van der Waals surface area contributed by atoms with Gasteiger partial charge in [-0.3, -0.25) is 0 Å². The highest BCUT2D eigenvalue weighted by Crippen LogP contribution is 2.45. The number of aliphatic hydroxyl groups is 1. The summed E-state index contributed by atoms with van der Waals surface area (Å²) in [5.41, 5.74) is 5.22. The van der Waals surface area contributed by atoms with E-state index in [4.69, 9.17) is 5.73 Å². The van der Waals surface area contributed by atoms with Crippen LogP contribution in [0.1, 0.15) is 52.9 Å². The first-order valence-electron chi connectivity index (χ1n) is 6.75. The molecule has 3 N–H and O–H groups in total. The van der Waals surface area contributed by atoms with Gasteiger partial charge in [0.15, 0.2) is 9.84 Å². The van der Waals surface area contributed by atoms with Crippen molar-refractivity contribution in [1.82, 2.24) is 0 Å². The molecule has 5 heteroatoms. The second kappa shape index (κ2) is 4.18. The minimum Gasteiger partial charge on any atom is -0.388 e. The van der Waals surface area contributed by atoms with Crippen molar-refractivity contribution in [1.29, 1.82) is 0 Å². The van der Waals surface area contributed by atoms with Crippen molar-refractivity contribution >= 4 is 9.84 Å². The Balaban J connectivity index is 2.16. The average molecular weight is 275 g/mol. The maximum Gasteiger partial charge on any atom is 0.156 e. The first-order valence-corrected chi connectivity index (χ1v) is 8.36. The van der Waals surface area contributed by atoms with Gasteiger partial charge >= 0.3 is 0 Å². The second-order valence-electron chi connectivity index (χ2n) is 7.29. The van der Waals surface area contributed by atoms with Crippen LogP contribution >= 0.6 is 0 Å². The number of nitrogens with two attached hydrogens (primary N) is 1. The molecule has 3 atom stereocenters. The third-order valence-electron chi connectivity index (χ3n) is 4.42. The molecular formula is C13H25NO3S. The van der Waals surface area contributed by atoms with Crippen molar-refractivity contribution in [2.24, 2.45) is 11.1 Å². The normalized spacial score (nSPS) is 40.7. The summed E-state index contributed by atoms with van der Waals surface area (Å²) in [5, 5.41) is 9.99. The highest BCUT2D eigenvalue weighted by atomic mass is 32.2. The zero-order valence-electron chi connectivity index (χ0n) is 11.5. The fourth-order valence-corrected chi connectivity index (χ4v) is 5.95. The van der Waals surface area contributed by atoms with Gasteiger partial charge in [0.1, 0.15) is 0 Å². The summed E-state index contributed by atoms with van der Waals surface area (Å²) in [7, 11) is -2.99. The molecule has 2 rings (SSSR count). The number of rotatable bonds is 2. The van der Waals surface area contributed by atoms with Crippen molar-refractivity contribution in [2.75, 3.05) is 0 Å². The summed E-state index contributed by atoms with van der Waals surface area (Å²) < 4.78 is 24.0. The predicted octanol–water partition coefficient (Wildman–Crippen LogP) is 1.22. The second-order valence-corrected chi connectivity index (χ2v) is 9.80. The summed E-state index contributed by atoms with van der Waals surface area (Å²) in [5.74, 6) is 0. The SMILES string of the molecule is CC(C)(C)CC(N)C1(O)CC2CCC(C1)S2(=O)=O. The summed E-state index contributed by atoms with van der Waals surface area (Å²) in [4.78, 5) is 0. The van der Waals surface area contributed by atoms with Gasteiger partial charge in [-0.25, -0.2) is 8.42 Å². The van der Waals surface area contributed by atoms with Crippen LogP contribution in [0, 0.1) is 5.41 Å². The van der Waals surface area contributed by atoms with E-state index in [1.807, 2.05) is 0 Å². The largest absolute Gasteiger partial charge is 0.388 e. The maximum atomic E-state index is 12.0. The minimum atomic E-state index is -2.99. The third kappa shape index (κ3) is 2.45. The Hall–Kier alpha value is -0.130. The lowest BCUT2D eigenvalue weighted by Crippen LogP contribution is -2.56. The Bertz CT molecular complexity index is 404. The van der Waals surface area contributed by atoms with E-state index in [-0.39, 0.29) is 22.0 Å². The van der Waals surface area contributed by atoms with E-state index in [2.05, 4.69) is 20.8 Å². The lowest BCUT2D eigenvalue weighted by atomic mass is 9.77. The molecule has 2 aliphatic heterocycles.